The highest BCUT2D eigenvalue weighted by atomic mass is 16.1. The van der Waals surface area contributed by atoms with Crippen LogP contribution in [0, 0.1) is 0 Å². The first-order valence-corrected chi connectivity index (χ1v) is 7.24. The first-order valence-electron chi connectivity index (χ1n) is 7.24. The van der Waals surface area contributed by atoms with Crippen molar-refractivity contribution in [2.24, 2.45) is 0 Å². The Hall–Kier alpha value is -1.51. The molecule has 3 nitrogen and oxygen atoms in total. The number of hydrogen-bond donors (Lipinski definition) is 0. The maximum atomic E-state index is 12.8. The van der Waals surface area contributed by atoms with Crippen LogP contribution in [0.5, 0.6) is 0 Å². The maximum absolute atomic E-state index is 12.8. The summed E-state index contributed by atoms with van der Waals surface area (Å²) < 4.78 is 4.15. The Kier molecular flexibility index (Phi) is 2.80. The van der Waals surface area contributed by atoms with Crippen molar-refractivity contribution in [3.8, 4) is 0 Å². The van der Waals surface area contributed by atoms with Crippen molar-refractivity contribution in [2.45, 2.75) is 58.4 Å². The molecule has 0 fully saturated rings. The van der Waals surface area contributed by atoms with Gasteiger partial charge in [-0.3, -0.25) is 4.79 Å². The van der Waals surface area contributed by atoms with E-state index < -0.39 is 0 Å². The van der Waals surface area contributed by atoms with E-state index in [0.29, 0.717) is 0 Å². The van der Waals surface area contributed by atoms with Crippen molar-refractivity contribution in [3.63, 3.8) is 0 Å². The van der Waals surface area contributed by atoms with Crippen LogP contribution in [0.4, 0.5) is 0 Å². The molecule has 0 aliphatic heterocycles. The third kappa shape index (κ3) is 1.92. The van der Waals surface area contributed by atoms with Crippen LogP contribution < -0.4 is 5.56 Å². The summed E-state index contributed by atoms with van der Waals surface area (Å²) in [5, 5.41) is 0. The van der Waals surface area contributed by atoms with Crippen molar-refractivity contribution in [3.05, 3.63) is 40.1 Å². The molecule has 0 bridgehead atoms. The van der Waals surface area contributed by atoms with Gasteiger partial charge in [-0.2, -0.15) is 0 Å². The number of aryl methyl sites for hydroxylation is 1. The first-order chi connectivity index (χ1) is 9.00. The van der Waals surface area contributed by atoms with Gasteiger partial charge in [0.1, 0.15) is 5.52 Å². The van der Waals surface area contributed by atoms with E-state index in [2.05, 4.69) is 25.2 Å². The molecule has 0 saturated carbocycles. The summed E-state index contributed by atoms with van der Waals surface area (Å²) in [6, 6.07) is 3.92. The number of rotatable bonds is 0. The highest BCUT2D eigenvalue weighted by Gasteiger charge is 2.24. The van der Waals surface area contributed by atoms with E-state index in [0.717, 1.165) is 18.4 Å². The van der Waals surface area contributed by atoms with Gasteiger partial charge in [0.15, 0.2) is 0 Å². The van der Waals surface area contributed by atoms with Crippen LogP contribution in [-0.4, -0.2) is 8.97 Å². The van der Waals surface area contributed by atoms with Crippen molar-refractivity contribution in [1.82, 2.24) is 8.97 Å². The maximum Gasteiger partial charge on any atom is 0.275 e. The van der Waals surface area contributed by atoms with Gasteiger partial charge in [0.2, 0.25) is 0 Å². The minimum absolute atomic E-state index is 0.151. The van der Waals surface area contributed by atoms with Crippen LogP contribution >= 0.6 is 0 Å². The Morgan fingerprint density at radius 2 is 1.74 bits per heavy atom. The van der Waals surface area contributed by atoms with Crippen molar-refractivity contribution < 1.29 is 0 Å². The predicted octanol–water partition coefficient (Wildman–Crippen LogP) is 3.12. The minimum atomic E-state index is -0.155. The fourth-order valence-electron chi connectivity index (χ4n) is 3.29. The topological polar surface area (TPSA) is 26.4 Å². The fraction of sp³-hybridized carbons (Fsp3) is 0.562. The van der Waals surface area contributed by atoms with E-state index in [4.69, 9.17) is 0 Å². The van der Waals surface area contributed by atoms with Gasteiger partial charge in [-0.25, -0.2) is 0 Å². The molecule has 0 saturated heterocycles. The molecule has 0 radical (unpaired) electrons. The average Bonchev–Trinajstić information content (AvgIpc) is 2.69. The van der Waals surface area contributed by atoms with Crippen LogP contribution in [0.1, 0.15) is 51.4 Å². The second-order valence-electron chi connectivity index (χ2n) is 6.53. The van der Waals surface area contributed by atoms with Gasteiger partial charge in [-0.15, -0.1) is 0 Å². The van der Waals surface area contributed by atoms with Crippen molar-refractivity contribution in [1.29, 1.82) is 0 Å². The fourth-order valence-corrected chi connectivity index (χ4v) is 3.29. The zero-order valence-corrected chi connectivity index (χ0v) is 12.1. The van der Waals surface area contributed by atoms with Crippen LogP contribution in [0.3, 0.4) is 0 Å². The SMILES string of the molecule is CC(C)(C)n1c2c(n3cccc3c1=O)CCCCC2. The van der Waals surface area contributed by atoms with Gasteiger partial charge < -0.3 is 8.97 Å². The van der Waals surface area contributed by atoms with E-state index in [-0.39, 0.29) is 11.1 Å². The summed E-state index contributed by atoms with van der Waals surface area (Å²) in [6.45, 7) is 6.37. The molecule has 1 aliphatic carbocycles. The molecule has 0 atom stereocenters. The van der Waals surface area contributed by atoms with E-state index in [9.17, 15) is 4.79 Å². The molecule has 2 aromatic rings. The third-order valence-corrected chi connectivity index (χ3v) is 4.06. The van der Waals surface area contributed by atoms with E-state index in [1.165, 1.54) is 30.7 Å². The second kappa shape index (κ2) is 4.26. The number of fused-ring (bicyclic) bond motifs is 3. The average molecular weight is 258 g/mol. The van der Waals surface area contributed by atoms with Crippen LogP contribution in [-0.2, 0) is 18.4 Å². The van der Waals surface area contributed by atoms with Crippen LogP contribution in [0.15, 0.2) is 23.1 Å². The zero-order valence-electron chi connectivity index (χ0n) is 12.1. The zero-order chi connectivity index (χ0) is 13.6. The summed E-state index contributed by atoms with van der Waals surface area (Å²) in [5.41, 5.74) is 3.40. The smallest absolute Gasteiger partial charge is 0.275 e. The van der Waals surface area contributed by atoms with E-state index >= 15 is 0 Å². The number of hydrogen-bond acceptors (Lipinski definition) is 1. The highest BCUT2D eigenvalue weighted by molar-refractivity contribution is 5.48. The monoisotopic (exact) mass is 258 g/mol. The predicted molar refractivity (Wildman–Crippen MR) is 77.9 cm³/mol. The molecule has 0 unspecified atom stereocenters. The molecule has 0 amide bonds. The Balaban J connectivity index is 2.44. The molecule has 0 N–H and O–H groups in total. The van der Waals surface area contributed by atoms with Gasteiger partial charge in [-0.05, 0) is 58.6 Å². The molecule has 1 aliphatic rings. The summed E-state index contributed by atoms with van der Waals surface area (Å²) in [4.78, 5) is 12.8. The lowest BCUT2D eigenvalue weighted by Crippen LogP contribution is -2.38. The second-order valence-corrected chi connectivity index (χ2v) is 6.53. The normalized spacial score (nSPS) is 16.4. The van der Waals surface area contributed by atoms with E-state index in [1.54, 1.807) is 0 Å². The third-order valence-electron chi connectivity index (χ3n) is 4.06. The van der Waals surface area contributed by atoms with Gasteiger partial charge >= 0.3 is 0 Å². The van der Waals surface area contributed by atoms with Gasteiger partial charge in [0.05, 0.1) is 0 Å². The van der Waals surface area contributed by atoms with Gasteiger partial charge in [0.25, 0.3) is 5.56 Å². The summed E-state index contributed by atoms with van der Waals surface area (Å²) in [7, 11) is 0. The van der Waals surface area contributed by atoms with Crippen LogP contribution in [0.25, 0.3) is 5.52 Å². The molecular formula is C16H22N2O. The Morgan fingerprint density at radius 1 is 1.05 bits per heavy atom. The molecule has 3 heteroatoms. The molecule has 0 aromatic carbocycles. The molecule has 2 heterocycles. The van der Waals surface area contributed by atoms with Crippen molar-refractivity contribution in [2.75, 3.05) is 0 Å². The molecule has 102 valence electrons. The Labute approximate surface area is 113 Å². The van der Waals surface area contributed by atoms with Crippen molar-refractivity contribution >= 4 is 5.52 Å². The lowest BCUT2D eigenvalue weighted by Gasteiger charge is -2.28. The summed E-state index contributed by atoms with van der Waals surface area (Å²) in [5.74, 6) is 0. The lowest BCUT2D eigenvalue weighted by atomic mass is 10.1. The summed E-state index contributed by atoms with van der Waals surface area (Å²) in [6.07, 6.45) is 7.81. The standard InChI is InChI=1S/C16H22N2O/c1-16(2,3)18-13-9-6-4-5-8-12(13)17-11-7-10-14(17)15(18)19/h7,10-11H,4-6,8-9H2,1-3H3. The van der Waals surface area contributed by atoms with Gasteiger partial charge in [-0.1, -0.05) is 6.42 Å². The van der Waals surface area contributed by atoms with Crippen LogP contribution in [0.2, 0.25) is 0 Å². The molecule has 19 heavy (non-hydrogen) atoms. The largest absolute Gasteiger partial charge is 0.314 e. The van der Waals surface area contributed by atoms with E-state index in [1.807, 2.05) is 22.9 Å². The first kappa shape index (κ1) is 12.5. The Bertz CT molecular complexity index is 670. The Morgan fingerprint density at radius 3 is 2.42 bits per heavy atom. The molecular weight excluding hydrogens is 236 g/mol. The molecule has 3 rings (SSSR count). The minimum Gasteiger partial charge on any atom is -0.314 e. The molecule has 0 spiro atoms. The quantitative estimate of drug-likeness (QED) is 0.667. The lowest BCUT2D eigenvalue weighted by molar-refractivity contribution is 0.368. The highest BCUT2D eigenvalue weighted by Crippen LogP contribution is 2.25. The summed E-state index contributed by atoms with van der Waals surface area (Å²) >= 11 is 0. The number of nitrogens with zero attached hydrogens (tertiary/aromatic N) is 2. The molecule has 2 aromatic heterocycles. The van der Waals surface area contributed by atoms with Gasteiger partial charge in [0, 0.05) is 23.1 Å². The number of aromatic nitrogens is 2.